The normalized spacial score (nSPS) is 23.5. The van der Waals surface area contributed by atoms with Crippen LogP contribution in [-0.2, 0) is 5.41 Å². The van der Waals surface area contributed by atoms with Crippen molar-refractivity contribution in [2.24, 2.45) is 0 Å². The van der Waals surface area contributed by atoms with Crippen LogP contribution < -0.4 is 10.2 Å². The lowest BCUT2D eigenvalue weighted by Gasteiger charge is -2.34. The van der Waals surface area contributed by atoms with Crippen molar-refractivity contribution in [1.29, 1.82) is 0 Å². The molecule has 1 saturated heterocycles. The Morgan fingerprint density at radius 1 is 1.32 bits per heavy atom. The first-order chi connectivity index (χ1) is 9.25. The molecule has 0 saturated carbocycles. The molecule has 1 atom stereocenters. The summed E-state index contributed by atoms with van der Waals surface area (Å²) in [6.45, 7) is 10.3. The van der Waals surface area contributed by atoms with E-state index in [-0.39, 0.29) is 5.41 Å². The van der Waals surface area contributed by atoms with E-state index in [1.54, 1.807) is 0 Å². The van der Waals surface area contributed by atoms with Crippen molar-refractivity contribution >= 4 is 5.95 Å². The molecule has 1 unspecified atom stereocenters. The van der Waals surface area contributed by atoms with Gasteiger partial charge in [-0.3, -0.25) is 0 Å². The largest absolute Gasteiger partial charge is 0.339 e. The zero-order chi connectivity index (χ0) is 13.7. The molecular weight excluding hydrogens is 240 g/mol. The highest BCUT2D eigenvalue weighted by Crippen LogP contribution is 2.35. The minimum absolute atomic E-state index is 0.0470. The highest BCUT2D eigenvalue weighted by atomic mass is 16.5. The highest BCUT2D eigenvalue weighted by molar-refractivity contribution is 5.28. The molecule has 1 aromatic heterocycles. The molecule has 108 valence electrons. The minimum atomic E-state index is 0.0470. The van der Waals surface area contributed by atoms with Crippen LogP contribution in [0.15, 0.2) is 4.52 Å². The first-order valence-corrected chi connectivity index (χ1v) is 7.55. The Morgan fingerprint density at radius 3 is 2.68 bits per heavy atom. The standard InChI is InChI=1S/C14H26N4O/c1-4-8-14(9-7-10-15-11-14)12-16-13(17-19-12)18(5-2)6-3/h15H,4-11H2,1-3H3. The maximum absolute atomic E-state index is 5.60. The lowest BCUT2D eigenvalue weighted by Crippen LogP contribution is -2.43. The number of piperidine rings is 1. The van der Waals surface area contributed by atoms with Gasteiger partial charge in [0.05, 0.1) is 5.41 Å². The van der Waals surface area contributed by atoms with E-state index in [0.717, 1.165) is 57.3 Å². The molecule has 0 aliphatic carbocycles. The molecule has 1 fully saturated rings. The van der Waals surface area contributed by atoms with Gasteiger partial charge in [0.25, 0.3) is 5.95 Å². The van der Waals surface area contributed by atoms with Crippen LogP contribution in [0, 0.1) is 0 Å². The Bertz CT molecular complexity index is 375. The summed E-state index contributed by atoms with van der Waals surface area (Å²) in [5, 5.41) is 7.66. The number of hydrogen-bond acceptors (Lipinski definition) is 5. The smallest absolute Gasteiger partial charge is 0.266 e. The summed E-state index contributed by atoms with van der Waals surface area (Å²) in [5.74, 6) is 1.56. The second kappa shape index (κ2) is 6.37. The fourth-order valence-corrected chi connectivity index (χ4v) is 3.02. The first-order valence-electron chi connectivity index (χ1n) is 7.55. The van der Waals surface area contributed by atoms with Gasteiger partial charge in [-0.25, -0.2) is 0 Å². The van der Waals surface area contributed by atoms with Crippen LogP contribution in [0.1, 0.15) is 52.3 Å². The van der Waals surface area contributed by atoms with Gasteiger partial charge in [0.15, 0.2) is 0 Å². The molecule has 0 amide bonds. The lowest BCUT2D eigenvalue weighted by atomic mass is 9.77. The zero-order valence-corrected chi connectivity index (χ0v) is 12.4. The molecule has 5 heteroatoms. The molecule has 1 N–H and O–H groups in total. The molecule has 0 bridgehead atoms. The van der Waals surface area contributed by atoms with Gasteiger partial charge < -0.3 is 14.7 Å². The van der Waals surface area contributed by atoms with E-state index >= 15 is 0 Å². The Balaban J connectivity index is 2.22. The number of aromatic nitrogens is 2. The Hall–Kier alpha value is -1.10. The fourth-order valence-electron chi connectivity index (χ4n) is 3.02. The van der Waals surface area contributed by atoms with Crippen molar-refractivity contribution in [2.45, 2.75) is 51.9 Å². The Morgan fingerprint density at radius 2 is 2.11 bits per heavy atom. The molecule has 1 aromatic rings. The quantitative estimate of drug-likeness (QED) is 0.856. The van der Waals surface area contributed by atoms with Crippen LogP contribution >= 0.6 is 0 Å². The van der Waals surface area contributed by atoms with E-state index in [9.17, 15) is 0 Å². The number of anilines is 1. The second-order valence-corrected chi connectivity index (χ2v) is 5.38. The number of rotatable bonds is 6. The summed E-state index contributed by atoms with van der Waals surface area (Å²) in [6, 6.07) is 0. The maximum Gasteiger partial charge on any atom is 0.266 e. The third kappa shape index (κ3) is 2.91. The minimum Gasteiger partial charge on any atom is -0.339 e. The molecule has 0 aromatic carbocycles. The SMILES string of the molecule is CCCC1(c2nc(N(CC)CC)no2)CCCNC1. The summed E-state index contributed by atoms with van der Waals surface area (Å²) < 4.78 is 5.60. The van der Waals surface area contributed by atoms with Gasteiger partial charge >= 0.3 is 0 Å². The van der Waals surface area contributed by atoms with Crippen molar-refractivity contribution in [2.75, 3.05) is 31.1 Å². The van der Waals surface area contributed by atoms with Crippen LogP contribution in [0.2, 0.25) is 0 Å². The second-order valence-electron chi connectivity index (χ2n) is 5.38. The summed E-state index contributed by atoms with van der Waals surface area (Å²) in [7, 11) is 0. The maximum atomic E-state index is 5.60. The molecule has 1 aliphatic rings. The summed E-state index contributed by atoms with van der Waals surface area (Å²) >= 11 is 0. The molecule has 0 spiro atoms. The van der Waals surface area contributed by atoms with E-state index in [1.165, 1.54) is 6.42 Å². The monoisotopic (exact) mass is 266 g/mol. The fraction of sp³-hybridized carbons (Fsp3) is 0.857. The van der Waals surface area contributed by atoms with Gasteiger partial charge in [0.2, 0.25) is 5.89 Å². The van der Waals surface area contributed by atoms with Crippen molar-refractivity contribution in [3.8, 4) is 0 Å². The summed E-state index contributed by atoms with van der Waals surface area (Å²) in [6.07, 6.45) is 4.58. The average Bonchev–Trinajstić information content (AvgIpc) is 2.92. The highest BCUT2D eigenvalue weighted by Gasteiger charge is 2.38. The van der Waals surface area contributed by atoms with Crippen molar-refractivity contribution in [1.82, 2.24) is 15.5 Å². The van der Waals surface area contributed by atoms with Crippen LogP contribution in [0.25, 0.3) is 0 Å². The van der Waals surface area contributed by atoms with Crippen LogP contribution in [0.5, 0.6) is 0 Å². The topological polar surface area (TPSA) is 54.2 Å². The summed E-state index contributed by atoms with van der Waals surface area (Å²) in [5.41, 5.74) is 0.0470. The van der Waals surface area contributed by atoms with Crippen LogP contribution in [0.3, 0.4) is 0 Å². The molecule has 2 rings (SSSR count). The zero-order valence-electron chi connectivity index (χ0n) is 12.4. The lowest BCUT2D eigenvalue weighted by molar-refractivity contribution is 0.213. The van der Waals surface area contributed by atoms with Gasteiger partial charge in [-0.1, -0.05) is 13.3 Å². The summed E-state index contributed by atoms with van der Waals surface area (Å²) in [4.78, 5) is 6.80. The third-order valence-corrected chi connectivity index (χ3v) is 4.12. The number of hydrogen-bond donors (Lipinski definition) is 1. The van der Waals surface area contributed by atoms with Gasteiger partial charge in [0.1, 0.15) is 0 Å². The molecular formula is C14H26N4O. The van der Waals surface area contributed by atoms with Crippen molar-refractivity contribution in [3.63, 3.8) is 0 Å². The predicted octanol–water partition coefficient (Wildman–Crippen LogP) is 2.34. The number of nitrogens with one attached hydrogen (secondary N) is 1. The number of nitrogens with zero attached hydrogens (tertiary/aromatic N) is 3. The molecule has 0 radical (unpaired) electrons. The molecule has 5 nitrogen and oxygen atoms in total. The molecule has 19 heavy (non-hydrogen) atoms. The molecule has 1 aliphatic heterocycles. The van der Waals surface area contributed by atoms with E-state index in [1.807, 2.05) is 0 Å². The Labute approximate surface area is 115 Å². The van der Waals surface area contributed by atoms with Gasteiger partial charge in [-0.2, -0.15) is 4.98 Å². The van der Waals surface area contributed by atoms with Gasteiger partial charge in [-0.15, -0.1) is 0 Å². The first kappa shape index (κ1) is 14.3. The Kier molecular flexibility index (Phi) is 4.80. The van der Waals surface area contributed by atoms with Crippen LogP contribution in [0.4, 0.5) is 5.95 Å². The van der Waals surface area contributed by atoms with Gasteiger partial charge in [0, 0.05) is 19.6 Å². The van der Waals surface area contributed by atoms with E-state index in [0.29, 0.717) is 0 Å². The van der Waals surface area contributed by atoms with E-state index in [2.05, 4.69) is 41.1 Å². The molecule has 2 heterocycles. The average molecular weight is 266 g/mol. The van der Waals surface area contributed by atoms with Crippen LogP contribution in [-0.4, -0.2) is 36.3 Å². The van der Waals surface area contributed by atoms with Gasteiger partial charge in [-0.05, 0) is 44.8 Å². The van der Waals surface area contributed by atoms with Crippen molar-refractivity contribution in [3.05, 3.63) is 5.89 Å². The van der Waals surface area contributed by atoms with E-state index in [4.69, 9.17) is 4.52 Å². The third-order valence-electron chi connectivity index (χ3n) is 4.12. The van der Waals surface area contributed by atoms with E-state index < -0.39 is 0 Å². The van der Waals surface area contributed by atoms with Crippen molar-refractivity contribution < 1.29 is 4.52 Å². The predicted molar refractivity (Wildman–Crippen MR) is 76.5 cm³/mol.